The summed E-state index contributed by atoms with van der Waals surface area (Å²) in [4.78, 5) is 12.8. The molecule has 0 fully saturated rings. The average Bonchev–Trinajstić information content (AvgIpc) is 2.60. The van der Waals surface area contributed by atoms with E-state index in [1.54, 1.807) is 18.7 Å². The molecule has 0 amide bonds. The monoisotopic (exact) mass is 233 g/mol. The van der Waals surface area contributed by atoms with E-state index in [4.69, 9.17) is 18.0 Å². The van der Waals surface area contributed by atoms with Crippen LogP contribution < -0.4 is 5.73 Å². The lowest BCUT2D eigenvalue weighted by Crippen LogP contribution is -2.16. The lowest BCUT2D eigenvalue weighted by Gasteiger charge is -2.08. The molecule has 6 heteroatoms. The molecule has 82 valence electrons. The molecule has 0 saturated carbocycles. The molecule has 0 aliphatic rings. The van der Waals surface area contributed by atoms with Gasteiger partial charge in [0.2, 0.25) is 0 Å². The predicted molar refractivity (Wildman–Crippen MR) is 64.5 cm³/mol. The van der Waals surface area contributed by atoms with Crippen molar-refractivity contribution in [3.8, 4) is 5.82 Å². The van der Waals surface area contributed by atoms with Crippen molar-refractivity contribution in [1.29, 1.82) is 0 Å². The fraction of sp³-hybridized carbons (Fsp3) is 0.200. The van der Waals surface area contributed by atoms with Crippen LogP contribution in [0.15, 0.2) is 18.7 Å². The topological polar surface area (TPSA) is 69.6 Å². The Labute approximate surface area is 98.4 Å². The standard InChI is InChI=1S/C10H11N5S/c1-6-7(2)15(5-14-6)10-8(9(11)16)12-3-4-13-10/h3-5H,1-2H3,(H2,11,16). The first-order chi connectivity index (χ1) is 7.61. The number of aromatic nitrogens is 4. The van der Waals surface area contributed by atoms with Crippen LogP contribution in [0.3, 0.4) is 0 Å². The molecule has 0 saturated heterocycles. The van der Waals surface area contributed by atoms with Crippen molar-refractivity contribution in [3.63, 3.8) is 0 Å². The highest BCUT2D eigenvalue weighted by Gasteiger charge is 2.12. The van der Waals surface area contributed by atoms with Crippen molar-refractivity contribution in [2.45, 2.75) is 13.8 Å². The molecule has 2 rings (SSSR count). The quantitative estimate of drug-likeness (QED) is 0.781. The zero-order valence-corrected chi connectivity index (χ0v) is 9.82. The molecule has 0 bridgehead atoms. The van der Waals surface area contributed by atoms with Crippen LogP contribution in [0.5, 0.6) is 0 Å². The van der Waals surface area contributed by atoms with E-state index in [0.717, 1.165) is 11.4 Å². The molecule has 16 heavy (non-hydrogen) atoms. The molecule has 2 heterocycles. The van der Waals surface area contributed by atoms with Crippen molar-refractivity contribution in [3.05, 3.63) is 35.8 Å². The zero-order valence-electron chi connectivity index (χ0n) is 9.01. The molecule has 2 aromatic heterocycles. The Bertz CT molecular complexity index is 546. The lowest BCUT2D eigenvalue weighted by molar-refractivity contribution is 0.928. The molecule has 5 nitrogen and oxygen atoms in total. The van der Waals surface area contributed by atoms with Gasteiger partial charge in [-0.2, -0.15) is 0 Å². The molecular weight excluding hydrogens is 222 g/mol. The Morgan fingerprint density at radius 2 is 1.94 bits per heavy atom. The Morgan fingerprint density at radius 1 is 1.25 bits per heavy atom. The molecule has 0 atom stereocenters. The summed E-state index contributed by atoms with van der Waals surface area (Å²) < 4.78 is 1.83. The van der Waals surface area contributed by atoms with Crippen LogP contribution >= 0.6 is 12.2 Å². The summed E-state index contributed by atoms with van der Waals surface area (Å²) in [5.41, 5.74) is 8.06. The van der Waals surface area contributed by atoms with Gasteiger partial charge in [-0.05, 0) is 13.8 Å². The SMILES string of the molecule is Cc1ncn(-c2nccnc2C(N)=S)c1C. The van der Waals surface area contributed by atoms with Crippen LogP contribution in [0, 0.1) is 13.8 Å². The number of rotatable bonds is 2. The van der Waals surface area contributed by atoms with Gasteiger partial charge in [0, 0.05) is 18.1 Å². The maximum Gasteiger partial charge on any atom is 0.167 e. The first-order valence-corrected chi connectivity index (χ1v) is 5.14. The van der Waals surface area contributed by atoms with Gasteiger partial charge in [-0.15, -0.1) is 0 Å². The number of hydrogen-bond acceptors (Lipinski definition) is 4. The molecule has 0 spiro atoms. The zero-order chi connectivity index (χ0) is 11.7. The summed E-state index contributed by atoms with van der Waals surface area (Å²) in [6.45, 7) is 3.89. The van der Waals surface area contributed by atoms with Crippen LogP contribution in [-0.4, -0.2) is 24.5 Å². The highest BCUT2D eigenvalue weighted by Crippen LogP contribution is 2.13. The van der Waals surface area contributed by atoms with E-state index < -0.39 is 0 Å². The van der Waals surface area contributed by atoms with Gasteiger partial charge >= 0.3 is 0 Å². The first kappa shape index (κ1) is 10.7. The van der Waals surface area contributed by atoms with Crippen LogP contribution in [0.2, 0.25) is 0 Å². The third kappa shape index (κ3) is 1.67. The fourth-order valence-corrected chi connectivity index (χ4v) is 1.54. The van der Waals surface area contributed by atoms with Crippen LogP contribution in [0.4, 0.5) is 0 Å². The van der Waals surface area contributed by atoms with Crippen LogP contribution in [-0.2, 0) is 0 Å². The minimum Gasteiger partial charge on any atom is -0.388 e. The number of nitrogens with zero attached hydrogens (tertiary/aromatic N) is 4. The van der Waals surface area contributed by atoms with Gasteiger partial charge in [-0.1, -0.05) is 12.2 Å². The van der Waals surface area contributed by atoms with Crippen molar-refractivity contribution in [2.24, 2.45) is 5.73 Å². The number of nitrogens with two attached hydrogens (primary N) is 1. The molecule has 0 radical (unpaired) electrons. The summed E-state index contributed by atoms with van der Waals surface area (Å²) >= 11 is 4.94. The van der Waals surface area contributed by atoms with Gasteiger partial charge in [-0.25, -0.2) is 15.0 Å². The summed E-state index contributed by atoms with van der Waals surface area (Å²) in [6.07, 6.45) is 4.86. The van der Waals surface area contributed by atoms with Gasteiger partial charge in [0.05, 0.1) is 5.69 Å². The molecule has 2 aromatic rings. The molecule has 0 aromatic carbocycles. The lowest BCUT2D eigenvalue weighted by atomic mass is 10.3. The number of thiocarbonyl (C=S) groups is 1. The van der Waals surface area contributed by atoms with Gasteiger partial charge in [0.1, 0.15) is 17.0 Å². The minimum absolute atomic E-state index is 0.230. The van der Waals surface area contributed by atoms with E-state index >= 15 is 0 Å². The predicted octanol–water partition coefficient (Wildman–Crippen LogP) is 0.913. The second-order valence-corrected chi connectivity index (χ2v) is 3.82. The normalized spacial score (nSPS) is 10.4. The Hall–Kier alpha value is -1.82. The van der Waals surface area contributed by atoms with Crippen molar-refractivity contribution in [1.82, 2.24) is 19.5 Å². The summed E-state index contributed by atoms with van der Waals surface area (Å²) in [6, 6.07) is 0. The van der Waals surface area contributed by atoms with E-state index in [0.29, 0.717) is 11.5 Å². The maximum absolute atomic E-state index is 5.60. The van der Waals surface area contributed by atoms with Gasteiger partial charge in [0.25, 0.3) is 0 Å². The maximum atomic E-state index is 5.60. The van der Waals surface area contributed by atoms with Gasteiger partial charge in [-0.3, -0.25) is 4.57 Å². The summed E-state index contributed by atoms with van der Waals surface area (Å²) in [5, 5.41) is 0. The van der Waals surface area contributed by atoms with E-state index in [9.17, 15) is 0 Å². The number of imidazole rings is 1. The fourth-order valence-electron chi connectivity index (χ4n) is 1.39. The van der Waals surface area contributed by atoms with E-state index in [1.807, 2.05) is 18.4 Å². The third-order valence-corrected chi connectivity index (χ3v) is 2.59. The molecular formula is C10H11N5S. The highest BCUT2D eigenvalue weighted by molar-refractivity contribution is 7.80. The largest absolute Gasteiger partial charge is 0.388 e. The third-order valence-electron chi connectivity index (χ3n) is 2.39. The average molecular weight is 233 g/mol. The summed E-state index contributed by atoms with van der Waals surface area (Å²) in [7, 11) is 0. The van der Waals surface area contributed by atoms with Crippen molar-refractivity contribution >= 4 is 17.2 Å². The minimum atomic E-state index is 0.230. The van der Waals surface area contributed by atoms with E-state index in [2.05, 4.69) is 15.0 Å². The smallest absolute Gasteiger partial charge is 0.167 e. The molecule has 0 aliphatic carbocycles. The van der Waals surface area contributed by atoms with E-state index in [-0.39, 0.29) is 4.99 Å². The highest BCUT2D eigenvalue weighted by atomic mass is 32.1. The second-order valence-electron chi connectivity index (χ2n) is 3.38. The Balaban J connectivity index is 2.64. The van der Waals surface area contributed by atoms with Crippen molar-refractivity contribution in [2.75, 3.05) is 0 Å². The Kier molecular flexibility index (Phi) is 2.66. The molecule has 2 N–H and O–H groups in total. The van der Waals surface area contributed by atoms with Crippen LogP contribution in [0.25, 0.3) is 5.82 Å². The van der Waals surface area contributed by atoms with Gasteiger partial charge < -0.3 is 5.73 Å². The first-order valence-electron chi connectivity index (χ1n) is 4.73. The van der Waals surface area contributed by atoms with E-state index in [1.165, 1.54) is 0 Å². The summed E-state index contributed by atoms with van der Waals surface area (Å²) in [5.74, 6) is 0.619. The molecule has 0 unspecified atom stereocenters. The number of hydrogen-bond donors (Lipinski definition) is 1. The van der Waals surface area contributed by atoms with Crippen molar-refractivity contribution < 1.29 is 0 Å². The van der Waals surface area contributed by atoms with Gasteiger partial charge in [0.15, 0.2) is 5.82 Å². The van der Waals surface area contributed by atoms with Crippen LogP contribution in [0.1, 0.15) is 17.1 Å². The molecule has 0 aliphatic heterocycles. The Morgan fingerprint density at radius 3 is 2.50 bits per heavy atom. The second kappa shape index (κ2) is 3.97. The number of aryl methyl sites for hydroxylation is 1.